The molecule has 0 spiro atoms. The van der Waals surface area contributed by atoms with E-state index >= 15 is 0 Å². The van der Waals surface area contributed by atoms with Crippen molar-refractivity contribution in [3.8, 4) is 0 Å². The van der Waals surface area contributed by atoms with Gasteiger partial charge in [-0.3, -0.25) is 0 Å². The molecule has 4 unspecified atom stereocenters. The molecule has 0 bridgehead atoms. The Balaban J connectivity index is 3.78. The molecule has 0 aromatic heterocycles. The number of ether oxygens (including phenoxy) is 1. The zero-order valence-corrected chi connectivity index (χ0v) is 11.8. The number of hydrogen-bond donors (Lipinski definition) is 2. The highest BCUT2D eigenvalue weighted by molar-refractivity contribution is 4.70. The highest BCUT2D eigenvalue weighted by atomic mass is 16.5. The summed E-state index contributed by atoms with van der Waals surface area (Å²) in [5.41, 5.74) is 0. The Morgan fingerprint density at radius 1 is 0.938 bits per heavy atom. The summed E-state index contributed by atoms with van der Waals surface area (Å²) in [6, 6.07) is 1.05. The Hall–Kier alpha value is -0.120. The lowest BCUT2D eigenvalue weighted by Gasteiger charge is -2.24. The molecule has 4 atom stereocenters. The molecule has 3 heteroatoms. The van der Waals surface area contributed by atoms with Gasteiger partial charge in [0.05, 0.1) is 13.2 Å². The van der Waals surface area contributed by atoms with Gasteiger partial charge in [0, 0.05) is 12.1 Å². The average Bonchev–Trinajstić information content (AvgIpc) is 2.32. The molecule has 0 saturated carbocycles. The van der Waals surface area contributed by atoms with E-state index in [1.165, 1.54) is 0 Å². The summed E-state index contributed by atoms with van der Waals surface area (Å²) in [6.07, 6.45) is 1.16. The van der Waals surface area contributed by atoms with Gasteiger partial charge in [0.1, 0.15) is 0 Å². The maximum absolute atomic E-state index is 5.81. The molecule has 0 aliphatic carbocycles. The molecule has 0 fully saturated rings. The van der Waals surface area contributed by atoms with E-state index in [1.54, 1.807) is 0 Å². The Morgan fingerprint density at radius 3 is 1.94 bits per heavy atom. The van der Waals surface area contributed by atoms with Crippen molar-refractivity contribution in [3.05, 3.63) is 0 Å². The second-order valence-electron chi connectivity index (χ2n) is 4.84. The van der Waals surface area contributed by atoms with Crippen molar-refractivity contribution in [2.24, 2.45) is 11.8 Å². The first-order valence-corrected chi connectivity index (χ1v) is 6.49. The van der Waals surface area contributed by atoms with Gasteiger partial charge in [0.15, 0.2) is 0 Å². The quantitative estimate of drug-likeness (QED) is 0.634. The first-order valence-electron chi connectivity index (χ1n) is 6.49. The van der Waals surface area contributed by atoms with Crippen molar-refractivity contribution in [2.75, 3.05) is 27.3 Å². The van der Waals surface area contributed by atoms with Crippen LogP contribution in [0.1, 0.15) is 34.1 Å². The third-order valence-electron chi connectivity index (χ3n) is 3.71. The summed E-state index contributed by atoms with van der Waals surface area (Å²) in [4.78, 5) is 0. The van der Waals surface area contributed by atoms with E-state index in [9.17, 15) is 0 Å². The minimum absolute atomic E-state index is 0.516. The van der Waals surface area contributed by atoms with Gasteiger partial charge in [-0.2, -0.15) is 0 Å². The van der Waals surface area contributed by atoms with Crippen molar-refractivity contribution >= 4 is 0 Å². The molecule has 0 saturated heterocycles. The van der Waals surface area contributed by atoms with Crippen LogP contribution in [0.5, 0.6) is 0 Å². The summed E-state index contributed by atoms with van der Waals surface area (Å²) in [6.45, 7) is 10.6. The third kappa shape index (κ3) is 5.83. The Labute approximate surface area is 101 Å². The van der Waals surface area contributed by atoms with E-state index in [1.807, 2.05) is 14.1 Å². The fourth-order valence-corrected chi connectivity index (χ4v) is 1.69. The molecule has 0 radical (unpaired) electrons. The first-order chi connectivity index (χ1) is 7.56. The summed E-state index contributed by atoms with van der Waals surface area (Å²) < 4.78 is 5.81. The van der Waals surface area contributed by atoms with Crippen LogP contribution in [-0.4, -0.2) is 39.4 Å². The van der Waals surface area contributed by atoms with Crippen LogP contribution in [0.2, 0.25) is 0 Å². The molecule has 0 heterocycles. The predicted octanol–water partition coefficient (Wildman–Crippen LogP) is 1.88. The van der Waals surface area contributed by atoms with Crippen LogP contribution in [0.4, 0.5) is 0 Å². The smallest absolute Gasteiger partial charge is 0.0509 e. The van der Waals surface area contributed by atoms with Crippen molar-refractivity contribution in [1.82, 2.24) is 10.6 Å². The minimum atomic E-state index is 0.516. The summed E-state index contributed by atoms with van der Waals surface area (Å²) >= 11 is 0. The fraction of sp³-hybridized carbons (Fsp3) is 1.00. The van der Waals surface area contributed by atoms with Crippen molar-refractivity contribution in [2.45, 2.75) is 46.2 Å². The fourth-order valence-electron chi connectivity index (χ4n) is 1.69. The summed E-state index contributed by atoms with van der Waals surface area (Å²) in [7, 11) is 4.01. The maximum atomic E-state index is 5.81. The molecule has 3 nitrogen and oxygen atoms in total. The van der Waals surface area contributed by atoms with Crippen LogP contribution < -0.4 is 10.6 Å². The molecule has 0 amide bonds. The van der Waals surface area contributed by atoms with E-state index in [-0.39, 0.29) is 0 Å². The molecule has 0 aliphatic heterocycles. The average molecular weight is 230 g/mol. The number of nitrogens with one attached hydrogen (secondary N) is 2. The molecule has 98 valence electrons. The van der Waals surface area contributed by atoms with Gasteiger partial charge in [-0.05, 0) is 46.2 Å². The normalized spacial score (nSPS) is 19.1. The van der Waals surface area contributed by atoms with Gasteiger partial charge in [-0.15, -0.1) is 0 Å². The number of rotatable bonds is 9. The molecule has 0 aromatic carbocycles. The van der Waals surface area contributed by atoms with Gasteiger partial charge in [0.2, 0.25) is 0 Å². The third-order valence-corrected chi connectivity index (χ3v) is 3.71. The van der Waals surface area contributed by atoms with Gasteiger partial charge in [-0.1, -0.05) is 13.8 Å². The minimum Gasteiger partial charge on any atom is -0.381 e. The molecular weight excluding hydrogens is 200 g/mol. The van der Waals surface area contributed by atoms with E-state index in [0.29, 0.717) is 23.9 Å². The summed E-state index contributed by atoms with van der Waals surface area (Å²) in [5, 5.41) is 6.55. The largest absolute Gasteiger partial charge is 0.381 e. The second-order valence-corrected chi connectivity index (χ2v) is 4.84. The van der Waals surface area contributed by atoms with E-state index in [4.69, 9.17) is 4.74 Å². The zero-order valence-electron chi connectivity index (χ0n) is 11.8. The molecule has 0 aromatic rings. The molecule has 0 aliphatic rings. The lowest BCUT2D eigenvalue weighted by Crippen LogP contribution is -2.35. The monoisotopic (exact) mass is 230 g/mol. The maximum Gasteiger partial charge on any atom is 0.0509 e. The van der Waals surface area contributed by atoms with E-state index < -0.39 is 0 Å². The second kappa shape index (κ2) is 8.97. The molecular formula is C13H30N2O. The predicted molar refractivity (Wildman–Crippen MR) is 70.8 cm³/mol. The van der Waals surface area contributed by atoms with Crippen molar-refractivity contribution in [1.29, 1.82) is 0 Å². The highest BCUT2D eigenvalue weighted by Gasteiger charge is 2.15. The molecule has 16 heavy (non-hydrogen) atoms. The highest BCUT2D eigenvalue weighted by Crippen LogP contribution is 2.10. The Kier molecular flexibility index (Phi) is 8.90. The summed E-state index contributed by atoms with van der Waals surface area (Å²) in [5.74, 6) is 1.18. The van der Waals surface area contributed by atoms with Gasteiger partial charge in [-0.25, -0.2) is 0 Å². The molecule has 2 N–H and O–H groups in total. The van der Waals surface area contributed by atoms with Crippen LogP contribution in [0.25, 0.3) is 0 Å². The lowest BCUT2D eigenvalue weighted by atomic mass is 9.99. The SMILES string of the molecule is CCC(COCC(C)C(C)NC)C(C)NC. The van der Waals surface area contributed by atoms with E-state index in [2.05, 4.69) is 38.3 Å². The Morgan fingerprint density at radius 2 is 1.50 bits per heavy atom. The Bertz CT molecular complexity index is 164. The molecule has 0 rings (SSSR count). The van der Waals surface area contributed by atoms with Gasteiger partial charge in [0.25, 0.3) is 0 Å². The van der Waals surface area contributed by atoms with Crippen LogP contribution in [0.15, 0.2) is 0 Å². The van der Waals surface area contributed by atoms with Crippen molar-refractivity contribution < 1.29 is 4.74 Å². The van der Waals surface area contributed by atoms with Gasteiger partial charge < -0.3 is 15.4 Å². The van der Waals surface area contributed by atoms with Crippen molar-refractivity contribution in [3.63, 3.8) is 0 Å². The lowest BCUT2D eigenvalue weighted by molar-refractivity contribution is 0.0580. The van der Waals surface area contributed by atoms with Gasteiger partial charge >= 0.3 is 0 Å². The van der Waals surface area contributed by atoms with Crippen LogP contribution in [-0.2, 0) is 4.74 Å². The number of hydrogen-bond acceptors (Lipinski definition) is 3. The first kappa shape index (κ1) is 15.9. The van der Waals surface area contributed by atoms with Crippen LogP contribution in [0, 0.1) is 11.8 Å². The van der Waals surface area contributed by atoms with Crippen LogP contribution >= 0.6 is 0 Å². The standard InChI is InChI=1S/C13H30N2O/c1-7-13(12(4)15-6)9-16-8-10(2)11(3)14-5/h10-15H,7-9H2,1-6H3. The zero-order chi connectivity index (χ0) is 12.6. The van der Waals surface area contributed by atoms with Crippen LogP contribution in [0.3, 0.4) is 0 Å². The van der Waals surface area contributed by atoms with E-state index in [0.717, 1.165) is 19.6 Å². The topological polar surface area (TPSA) is 33.3 Å².